The third-order valence-corrected chi connectivity index (χ3v) is 2.96. The minimum absolute atomic E-state index is 0.314. The van der Waals surface area contributed by atoms with E-state index in [4.69, 9.17) is 11.6 Å². The van der Waals surface area contributed by atoms with Crippen LogP contribution in [0.2, 0.25) is 5.02 Å². The first kappa shape index (κ1) is 13.1. The molecule has 1 aromatic carbocycles. The van der Waals surface area contributed by atoms with Gasteiger partial charge in [-0.15, -0.1) is 0 Å². The summed E-state index contributed by atoms with van der Waals surface area (Å²) in [5.41, 5.74) is 0.593. The van der Waals surface area contributed by atoms with Gasteiger partial charge < -0.3 is 0 Å². The SMILES string of the molecule is CCCc1cc(Cl)c2cc(C(F)(F)F)ccc2n1. The fourth-order valence-electron chi connectivity index (χ4n) is 1.80. The van der Waals surface area contributed by atoms with Crippen molar-refractivity contribution < 1.29 is 13.2 Å². The van der Waals surface area contributed by atoms with Crippen molar-refractivity contribution in [3.63, 3.8) is 0 Å². The van der Waals surface area contributed by atoms with Crippen molar-refractivity contribution in [3.05, 3.63) is 40.5 Å². The highest BCUT2D eigenvalue weighted by atomic mass is 35.5. The Kier molecular flexibility index (Phi) is 3.48. The molecule has 1 heterocycles. The number of nitrogens with zero attached hydrogens (tertiary/aromatic N) is 1. The number of hydrogen-bond acceptors (Lipinski definition) is 1. The van der Waals surface area contributed by atoms with Crippen LogP contribution in [-0.4, -0.2) is 4.98 Å². The van der Waals surface area contributed by atoms with Gasteiger partial charge in [-0.3, -0.25) is 4.98 Å². The number of hydrogen-bond donors (Lipinski definition) is 0. The van der Waals surface area contributed by atoms with Crippen molar-refractivity contribution in [2.75, 3.05) is 0 Å². The molecule has 0 atom stereocenters. The number of pyridine rings is 1. The molecule has 0 aliphatic carbocycles. The van der Waals surface area contributed by atoms with Crippen LogP contribution >= 0.6 is 11.6 Å². The maximum Gasteiger partial charge on any atom is 0.416 e. The average Bonchev–Trinajstić information content (AvgIpc) is 2.27. The zero-order valence-electron chi connectivity index (χ0n) is 9.68. The molecule has 0 N–H and O–H groups in total. The summed E-state index contributed by atoms with van der Waals surface area (Å²) < 4.78 is 37.8. The maximum absolute atomic E-state index is 12.6. The fraction of sp³-hybridized carbons (Fsp3) is 0.308. The van der Waals surface area contributed by atoms with E-state index < -0.39 is 11.7 Å². The van der Waals surface area contributed by atoms with E-state index in [0.29, 0.717) is 15.9 Å². The summed E-state index contributed by atoms with van der Waals surface area (Å²) in [7, 11) is 0. The van der Waals surface area contributed by atoms with Crippen molar-refractivity contribution in [1.82, 2.24) is 4.98 Å². The molecule has 5 heteroatoms. The Balaban J connectivity index is 2.58. The molecular formula is C13H11ClF3N. The molecular weight excluding hydrogens is 263 g/mol. The van der Waals surface area contributed by atoms with Crippen LogP contribution in [0.5, 0.6) is 0 Å². The van der Waals surface area contributed by atoms with Crippen molar-refractivity contribution in [1.29, 1.82) is 0 Å². The van der Waals surface area contributed by atoms with Crippen LogP contribution in [0.4, 0.5) is 13.2 Å². The second-order valence-corrected chi connectivity index (χ2v) is 4.48. The van der Waals surface area contributed by atoms with Gasteiger partial charge in [-0.05, 0) is 30.7 Å². The van der Waals surface area contributed by atoms with Crippen molar-refractivity contribution in [2.45, 2.75) is 25.9 Å². The molecule has 0 bridgehead atoms. The third-order valence-electron chi connectivity index (χ3n) is 2.64. The van der Waals surface area contributed by atoms with Gasteiger partial charge in [-0.1, -0.05) is 24.9 Å². The van der Waals surface area contributed by atoms with Gasteiger partial charge in [0.2, 0.25) is 0 Å². The first-order valence-electron chi connectivity index (χ1n) is 5.58. The predicted molar refractivity (Wildman–Crippen MR) is 65.8 cm³/mol. The topological polar surface area (TPSA) is 12.9 Å². The van der Waals surface area contributed by atoms with Crippen molar-refractivity contribution in [2.24, 2.45) is 0 Å². The molecule has 0 amide bonds. The average molecular weight is 274 g/mol. The lowest BCUT2D eigenvalue weighted by Crippen LogP contribution is -2.04. The summed E-state index contributed by atoms with van der Waals surface area (Å²) in [6.07, 6.45) is -2.69. The maximum atomic E-state index is 12.6. The number of aryl methyl sites for hydroxylation is 1. The summed E-state index contributed by atoms with van der Waals surface area (Å²) in [6.45, 7) is 2.01. The van der Waals surface area contributed by atoms with E-state index in [1.54, 1.807) is 6.07 Å². The van der Waals surface area contributed by atoms with Gasteiger partial charge in [-0.25, -0.2) is 0 Å². The molecule has 0 saturated heterocycles. The minimum Gasteiger partial charge on any atom is -0.253 e. The quantitative estimate of drug-likeness (QED) is 0.761. The van der Waals surface area contributed by atoms with Crippen LogP contribution in [0.15, 0.2) is 24.3 Å². The van der Waals surface area contributed by atoms with E-state index in [2.05, 4.69) is 4.98 Å². The van der Waals surface area contributed by atoms with Crippen LogP contribution < -0.4 is 0 Å². The largest absolute Gasteiger partial charge is 0.416 e. The Labute approximate surface area is 108 Å². The van der Waals surface area contributed by atoms with Crippen LogP contribution in [0.3, 0.4) is 0 Å². The molecule has 2 rings (SSSR count). The van der Waals surface area contributed by atoms with Gasteiger partial charge in [-0.2, -0.15) is 13.2 Å². The van der Waals surface area contributed by atoms with E-state index in [1.165, 1.54) is 6.07 Å². The molecule has 0 fully saturated rings. The highest BCUT2D eigenvalue weighted by Crippen LogP contribution is 2.33. The van der Waals surface area contributed by atoms with Crippen LogP contribution in [-0.2, 0) is 12.6 Å². The molecule has 0 unspecified atom stereocenters. The summed E-state index contributed by atoms with van der Waals surface area (Å²) in [6, 6.07) is 5.07. The molecule has 0 radical (unpaired) electrons. The van der Waals surface area contributed by atoms with E-state index in [9.17, 15) is 13.2 Å². The highest BCUT2D eigenvalue weighted by Gasteiger charge is 2.30. The van der Waals surface area contributed by atoms with Crippen molar-refractivity contribution in [3.8, 4) is 0 Å². The molecule has 0 aliphatic rings. The second-order valence-electron chi connectivity index (χ2n) is 4.08. The standard InChI is InChI=1S/C13H11ClF3N/c1-2-3-9-7-11(14)10-6-8(13(15,16)17)4-5-12(10)18-9/h4-7H,2-3H2,1H3. The van der Waals surface area contributed by atoms with Gasteiger partial charge in [0.25, 0.3) is 0 Å². The first-order valence-corrected chi connectivity index (χ1v) is 5.96. The molecule has 2 aromatic rings. The van der Waals surface area contributed by atoms with E-state index >= 15 is 0 Å². The van der Waals surface area contributed by atoms with Gasteiger partial charge >= 0.3 is 6.18 Å². The van der Waals surface area contributed by atoms with E-state index in [1.807, 2.05) is 6.92 Å². The molecule has 0 spiro atoms. The summed E-state index contributed by atoms with van der Waals surface area (Å²) >= 11 is 6.01. The molecule has 1 aromatic heterocycles. The van der Waals surface area contributed by atoms with Gasteiger partial charge in [0.05, 0.1) is 16.1 Å². The van der Waals surface area contributed by atoms with Crippen molar-refractivity contribution >= 4 is 22.5 Å². The smallest absolute Gasteiger partial charge is 0.253 e. The number of fused-ring (bicyclic) bond motifs is 1. The monoisotopic (exact) mass is 273 g/mol. The Morgan fingerprint density at radius 3 is 2.56 bits per heavy atom. The van der Waals surface area contributed by atoms with Crippen LogP contribution in [0.25, 0.3) is 10.9 Å². The fourth-order valence-corrected chi connectivity index (χ4v) is 2.07. The summed E-state index contributed by atoms with van der Waals surface area (Å²) in [5.74, 6) is 0. The number of halogens is 4. The van der Waals surface area contributed by atoms with Gasteiger partial charge in [0.1, 0.15) is 0 Å². The van der Waals surface area contributed by atoms with E-state index in [-0.39, 0.29) is 0 Å². The third kappa shape index (κ3) is 2.58. The second kappa shape index (κ2) is 4.76. The van der Waals surface area contributed by atoms with Gasteiger partial charge in [0, 0.05) is 11.1 Å². The number of alkyl halides is 3. The molecule has 0 aliphatic heterocycles. The lowest BCUT2D eigenvalue weighted by atomic mass is 10.1. The highest BCUT2D eigenvalue weighted by molar-refractivity contribution is 6.35. The minimum atomic E-state index is -4.36. The normalized spacial score (nSPS) is 12.1. The summed E-state index contributed by atoms with van der Waals surface area (Å²) in [5, 5.41) is 0.654. The first-order chi connectivity index (χ1) is 8.41. The lowest BCUT2D eigenvalue weighted by Gasteiger charge is -2.09. The van der Waals surface area contributed by atoms with E-state index in [0.717, 1.165) is 30.7 Å². The Bertz CT molecular complexity index is 578. The molecule has 0 saturated carbocycles. The predicted octanol–water partition coefficient (Wildman–Crippen LogP) is 4.86. The zero-order chi connectivity index (χ0) is 13.3. The number of benzene rings is 1. The number of rotatable bonds is 2. The number of aromatic nitrogens is 1. The zero-order valence-corrected chi connectivity index (χ0v) is 10.4. The Morgan fingerprint density at radius 2 is 1.94 bits per heavy atom. The Hall–Kier alpha value is -1.29. The van der Waals surface area contributed by atoms with Gasteiger partial charge in [0.15, 0.2) is 0 Å². The molecule has 96 valence electrons. The lowest BCUT2D eigenvalue weighted by molar-refractivity contribution is -0.137. The van der Waals surface area contributed by atoms with Crippen LogP contribution in [0.1, 0.15) is 24.6 Å². The summed E-state index contributed by atoms with van der Waals surface area (Å²) in [4.78, 5) is 4.30. The molecule has 18 heavy (non-hydrogen) atoms. The molecule has 1 nitrogen and oxygen atoms in total. The van der Waals surface area contributed by atoms with Crippen LogP contribution in [0, 0.1) is 0 Å². The Morgan fingerprint density at radius 1 is 1.22 bits per heavy atom.